The molecule has 10 heteroatoms. The van der Waals surface area contributed by atoms with Crippen molar-refractivity contribution < 1.29 is 23.0 Å². The highest BCUT2D eigenvalue weighted by Gasteiger charge is 2.26. The van der Waals surface area contributed by atoms with Gasteiger partial charge in [0.1, 0.15) is 24.0 Å². The van der Waals surface area contributed by atoms with E-state index in [2.05, 4.69) is 4.98 Å². The fourth-order valence-electron chi connectivity index (χ4n) is 4.11. The molecule has 0 atom stereocenters. The van der Waals surface area contributed by atoms with Gasteiger partial charge >= 0.3 is 0 Å². The molecule has 37 heavy (non-hydrogen) atoms. The molecule has 1 aliphatic heterocycles. The molecule has 3 heterocycles. The van der Waals surface area contributed by atoms with Crippen molar-refractivity contribution in [3.05, 3.63) is 100.0 Å². The van der Waals surface area contributed by atoms with Crippen molar-refractivity contribution in [1.29, 1.82) is 0 Å². The summed E-state index contributed by atoms with van der Waals surface area (Å²) in [6.07, 6.45) is 1.21. The van der Waals surface area contributed by atoms with E-state index in [0.717, 1.165) is 0 Å². The van der Waals surface area contributed by atoms with E-state index in [0.29, 0.717) is 41.7 Å². The van der Waals surface area contributed by atoms with E-state index in [9.17, 15) is 18.4 Å². The Kier molecular flexibility index (Phi) is 6.31. The Balaban J connectivity index is 1.47. The number of benzene rings is 2. The molecular weight excluding hydrogens is 482 g/mol. The fourth-order valence-corrected chi connectivity index (χ4v) is 4.11. The Hall–Kier alpha value is -4.73. The van der Waals surface area contributed by atoms with Crippen LogP contribution < -0.4 is 25.7 Å². The van der Waals surface area contributed by atoms with Crippen molar-refractivity contribution >= 4 is 17.4 Å². The number of rotatable bonds is 6. The third-order valence-corrected chi connectivity index (χ3v) is 5.91. The van der Waals surface area contributed by atoms with Crippen LogP contribution in [0.5, 0.6) is 17.2 Å². The number of nitrogens with zero attached hydrogens (tertiary/aromatic N) is 3. The molecule has 0 saturated heterocycles. The number of aromatic nitrogens is 2. The van der Waals surface area contributed by atoms with E-state index in [1.165, 1.54) is 65.4 Å². The lowest BCUT2D eigenvalue weighted by Crippen LogP contribution is -2.37. The Morgan fingerprint density at radius 3 is 2.62 bits per heavy atom. The summed E-state index contributed by atoms with van der Waals surface area (Å²) in [4.78, 5) is 32.5. The fraction of sp³-hybridized carbons (Fsp3) is 0.148. The largest absolute Gasteiger partial charge is 0.488 e. The highest BCUT2D eigenvalue weighted by molar-refractivity contribution is 5.98. The molecule has 0 aliphatic carbocycles. The van der Waals surface area contributed by atoms with Crippen molar-refractivity contribution in [3.63, 3.8) is 0 Å². The van der Waals surface area contributed by atoms with Crippen molar-refractivity contribution in [2.75, 3.05) is 30.8 Å². The summed E-state index contributed by atoms with van der Waals surface area (Å²) in [7, 11) is 1.80. The van der Waals surface area contributed by atoms with Gasteiger partial charge in [-0.05, 0) is 48.0 Å². The number of nitrogen functional groups attached to an aromatic ring is 1. The Bertz CT molecular complexity index is 1550. The average Bonchev–Trinajstić information content (AvgIpc) is 2.86. The number of carbonyl (C=O) groups is 1. The normalized spacial score (nSPS) is 12.6. The first-order valence-corrected chi connectivity index (χ1v) is 11.4. The molecule has 2 aromatic heterocycles. The average molecular weight is 504 g/mol. The molecule has 0 saturated carbocycles. The van der Waals surface area contributed by atoms with Crippen LogP contribution in [-0.4, -0.2) is 35.5 Å². The Morgan fingerprint density at radius 1 is 1.11 bits per heavy atom. The molecule has 5 rings (SSSR count). The standard InChI is InChI=1S/C27H22F2N4O4/c1-32-10-11-36-24-15-20(27(35)33(26(24)32)18-5-3-17(28)4-6-18)22(34)13-16-2-7-23(21(29)12-16)37-19-8-9-31-25(30)14-19/h2-9,12,14-15H,10-11,13H2,1H3,(H2,30,31). The van der Waals surface area contributed by atoms with Crippen LogP contribution in [0, 0.1) is 11.6 Å². The minimum absolute atomic E-state index is 0.0503. The number of pyridine rings is 2. The second-order valence-corrected chi connectivity index (χ2v) is 8.52. The van der Waals surface area contributed by atoms with Crippen molar-refractivity contribution in [2.24, 2.45) is 0 Å². The van der Waals surface area contributed by atoms with Crippen LogP contribution in [0.4, 0.5) is 20.4 Å². The zero-order valence-corrected chi connectivity index (χ0v) is 19.8. The molecule has 2 N–H and O–H groups in total. The maximum Gasteiger partial charge on any atom is 0.267 e. The third-order valence-electron chi connectivity index (χ3n) is 5.91. The summed E-state index contributed by atoms with van der Waals surface area (Å²) in [5, 5.41) is 0. The van der Waals surface area contributed by atoms with Crippen molar-refractivity contribution in [3.8, 4) is 22.9 Å². The van der Waals surface area contributed by atoms with Crippen LogP contribution in [0.1, 0.15) is 15.9 Å². The van der Waals surface area contributed by atoms with Gasteiger partial charge in [-0.1, -0.05) is 6.07 Å². The number of fused-ring (bicyclic) bond motifs is 1. The van der Waals surface area contributed by atoms with Gasteiger partial charge in [-0.3, -0.25) is 14.2 Å². The van der Waals surface area contributed by atoms with Gasteiger partial charge in [0.05, 0.1) is 17.8 Å². The SMILES string of the molecule is CN1CCOc2cc(C(=O)Cc3ccc(Oc4ccnc(N)c4)c(F)c3)c(=O)n(-c3ccc(F)cc3)c21. The van der Waals surface area contributed by atoms with Crippen molar-refractivity contribution in [1.82, 2.24) is 9.55 Å². The number of ketones is 1. The number of hydrogen-bond acceptors (Lipinski definition) is 7. The van der Waals surface area contributed by atoms with Crippen LogP contribution in [0.2, 0.25) is 0 Å². The molecule has 4 aromatic rings. The molecule has 0 unspecified atom stereocenters. The van der Waals surface area contributed by atoms with E-state index >= 15 is 0 Å². The molecule has 0 spiro atoms. The second kappa shape index (κ2) is 9.73. The van der Waals surface area contributed by atoms with E-state index in [4.69, 9.17) is 15.2 Å². The van der Waals surface area contributed by atoms with Gasteiger partial charge < -0.3 is 20.1 Å². The topological polar surface area (TPSA) is 99.7 Å². The first-order valence-electron chi connectivity index (χ1n) is 11.4. The van der Waals surface area contributed by atoms with E-state index < -0.39 is 23.0 Å². The number of Topliss-reactive ketones (excluding diaryl/α,β-unsaturated/α-hetero) is 1. The van der Waals surface area contributed by atoms with Gasteiger partial charge in [0, 0.05) is 31.8 Å². The van der Waals surface area contributed by atoms with Gasteiger partial charge in [-0.15, -0.1) is 0 Å². The number of ether oxygens (including phenoxy) is 2. The summed E-state index contributed by atoms with van der Waals surface area (Å²) < 4.78 is 40.9. The zero-order chi connectivity index (χ0) is 26.1. The minimum Gasteiger partial charge on any atom is -0.488 e. The van der Waals surface area contributed by atoms with Crippen LogP contribution in [0.25, 0.3) is 5.69 Å². The molecule has 0 bridgehead atoms. The summed E-state index contributed by atoms with van der Waals surface area (Å²) in [5.74, 6) is -0.344. The third kappa shape index (κ3) is 4.86. The second-order valence-electron chi connectivity index (χ2n) is 8.52. The number of anilines is 2. The lowest BCUT2D eigenvalue weighted by molar-refractivity contribution is 0.0990. The van der Waals surface area contributed by atoms with Gasteiger partial charge in [0.25, 0.3) is 5.56 Å². The van der Waals surface area contributed by atoms with E-state index in [1.54, 1.807) is 13.1 Å². The molecule has 8 nitrogen and oxygen atoms in total. The minimum atomic E-state index is -0.681. The monoisotopic (exact) mass is 504 g/mol. The molecule has 2 aromatic carbocycles. The molecule has 188 valence electrons. The maximum atomic E-state index is 14.7. The van der Waals surface area contributed by atoms with Gasteiger partial charge in [0.15, 0.2) is 28.9 Å². The molecular formula is C27H22F2N4O4. The molecule has 0 radical (unpaired) electrons. The molecule has 1 aliphatic rings. The molecule has 0 amide bonds. The smallest absolute Gasteiger partial charge is 0.267 e. The number of nitrogens with two attached hydrogens (primary N) is 1. The number of likely N-dealkylation sites (N-methyl/N-ethyl adjacent to an activating group) is 1. The first-order chi connectivity index (χ1) is 17.8. The predicted molar refractivity (Wildman–Crippen MR) is 134 cm³/mol. The van der Waals surface area contributed by atoms with E-state index in [-0.39, 0.29) is 23.6 Å². The van der Waals surface area contributed by atoms with E-state index in [1.807, 2.05) is 4.90 Å². The van der Waals surface area contributed by atoms with Crippen LogP contribution >= 0.6 is 0 Å². The van der Waals surface area contributed by atoms with Crippen LogP contribution in [-0.2, 0) is 6.42 Å². The Morgan fingerprint density at radius 2 is 1.89 bits per heavy atom. The number of carbonyl (C=O) groups excluding carboxylic acids is 1. The van der Waals surface area contributed by atoms with Gasteiger partial charge in [-0.2, -0.15) is 0 Å². The summed E-state index contributed by atoms with van der Waals surface area (Å²) in [6.45, 7) is 0.898. The van der Waals surface area contributed by atoms with Gasteiger partial charge in [-0.25, -0.2) is 13.8 Å². The lowest BCUT2D eigenvalue weighted by atomic mass is 10.0. The summed E-state index contributed by atoms with van der Waals surface area (Å²) >= 11 is 0. The summed E-state index contributed by atoms with van der Waals surface area (Å²) in [6, 6.07) is 13.9. The lowest BCUT2D eigenvalue weighted by Gasteiger charge is -2.30. The van der Waals surface area contributed by atoms with Gasteiger partial charge in [0.2, 0.25) is 0 Å². The predicted octanol–water partition coefficient (Wildman–Crippen LogP) is 4.14. The Labute approximate surface area is 210 Å². The quantitative estimate of drug-likeness (QED) is 0.394. The first kappa shape index (κ1) is 24.0. The van der Waals surface area contributed by atoms with Crippen molar-refractivity contribution in [2.45, 2.75) is 6.42 Å². The van der Waals surface area contributed by atoms with Crippen LogP contribution in [0.3, 0.4) is 0 Å². The highest BCUT2D eigenvalue weighted by atomic mass is 19.1. The highest BCUT2D eigenvalue weighted by Crippen LogP contribution is 2.33. The van der Waals surface area contributed by atoms with Crippen LogP contribution in [0.15, 0.2) is 71.7 Å². The maximum absolute atomic E-state index is 14.7. The molecule has 0 fully saturated rings. The zero-order valence-electron chi connectivity index (χ0n) is 19.8. The summed E-state index contributed by atoms with van der Waals surface area (Å²) in [5.41, 5.74) is 5.67. The number of hydrogen-bond donors (Lipinski definition) is 1. The number of halogens is 2.